The zero-order valence-electron chi connectivity index (χ0n) is 14.6. The van der Waals surface area contributed by atoms with E-state index in [1.165, 1.54) is 0 Å². The molecule has 0 fully saturated rings. The molecule has 0 aliphatic rings. The largest absolute Gasteiger partial charge is 0.480 e. The number of rotatable bonds is 10. The minimum Gasteiger partial charge on any atom is -0.480 e. The van der Waals surface area contributed by atoms with Crippen molar-refractivity contribution in [3.63, 3.8) is 0 Å². The first-order chi connectivity index (χ1) is 10.7. The summed E-state index contributed by atoms with van der Waals surface area (Å²) in [6.45, 7) is 7.68. The van der Waals surface area contributed by atoms with Crippen molar-refractivity contribution in [2.75, 3.05) is 6.54 Å². The van der Waals surface area contributed by atoms with E-state index < -0.39 is 23.7 Å². The Morgan fingerprint density at radius 1 is 1.13 bits per heavy atom. The number of carbonyl (C=O) groups is 3. The van der Waals surface area contributed by atoms with Crippen LogP contribution in [0.5, 0.6) is 0 Å². The maximum atomic E-state index is 11.6. The molecule has 7 nitrogen and oxygen atoms in total. The number of amides is 2. The fraction of sp³-hybridized carbons (Fsp3) is 0.812. The van der Waals surface area contributed by atoms with Gasteiger partial charge in [0.05, 0.1) is 0 Å². The standard InChI is InChI=1S/C16H30N2O5/c1-5-6-10-13(19)17-11-8-7-9-12(14(20)21)18-15(22)23-16(2,3)4/h12H,5-11H2,1-4H3,(H,17,19)(H,18,22)(H,20,21)/t12-/m0/s1. The maximum Gasteiger partial charge on any atom is 0.408 e. The quantitative estimate of drug-likeness (QED) is 0.534. The molecule has 134 valence electrons. The Labute approximate surface area is 138 Å². The zero-order valence-corrected chi connectivity index (χ0v) is 14.6. The second-order valence-corrected chi connectivity index (χ2v) is 6.49. The predicted octanol–water partition coefficient (Wildman–Crippen LogP) is 2.44. The van der Waals surface area contributed by atoms with Crippen LogP contribution in [0.25, 0.3) is 0 Å². The number of hydrogen-bond donors (Lipinski definition) is 3. The van der Waals surface area contributed by atoms with E-state index in [4.69, 9.17) is 9.84 Å². The number of carbonyl (C=O) groups excluding carboxylic acids is 2. The Morgan fingerprint density at radius 2 is 1.78 bits per heavy atom. The van der Waals surface area contributed by atoms with Gasteiger partial charge in [0.2, 0.25) is 5.91 Å². The van der Waals surface area contributed by atoms with E-state index in [9.17, 15) is 14.4 Å². The van der Waals surface area contributed by atoms with E-state index >= 15 is 0 Å². The summed E-state index contributed by atoms with van der Waals surface area (Å²) in [7, 11) is 0. The van der Waals surface area contributed by atoms with E-state index in [0.29, 0.717) is 32.2 Å². The number of alkyl carbamates (subject to hydrolysis) is 1. The monoisotopic (exact) mass is 330 g/mol. The first-order valence-corrected chi connectivity index (χ1v) is 8.14. The van der Waals surface area contributed by atoms with Gasteiger partial charge in [-0.15, -0.1) is 0 Å². The number of nitrogens with one attached hydrogen (secondary N) is 2. The summed E-state index contributed by atoms with van der Waals surface area (Å²) in [4.78, 5) is 34.2. The van der Waals surface area contributed by atoms with Crippen LogP contribution in [0.15, 0.2) is 0 Å². The second-order valence-electron chi connectivity index (χ2n) is 6.49. The van der Waals surface area contributed by atoms with Crippen molar-refractivity contribution in [1.82, 2.24) is 10.6 Å². The molecule has 0 aliphatic heterocycles. The van der Waals surface area contributed by atoms with Gasteiger partial charge in [0.1, 0.15) is 11.6 Å². The van der Waals surface area contributed by atoms with Crippen molar-refractivity contribution in [2.24, 2.45) is 0 Å². The van der Waals surface area contributed by atoms with E-state index in [2.05, 4.69) is 10.6 Å². The molecule has 3 N–H and O–H groups in total. The molecule has 0 aliphatic carbocycles. The Morgan fingerprint density at radius 3 is 2.30 bits per heavy atom. The molecule has 0 spiro atoms. The Balaban J connectivity index is 4.00. The van der Waals surface area contributed by atoms with E-state index in [1.54, 1.807) is 20.8 Å². The summed E-state index contributed by atoms with van der Waals surface area (Å²) in [6, 6.07) is -0.986. The van der Waals surface area contributed by atoms with Gasteiger partial charge in [0.15, 0.2) is 0 Å². The van der Waals surface area contributed by atoms with Crippen LogP contribution in [0.4, 0.5) is 4.79 Å². The Bertz CT molecular complexity index is 390. The molecule has 1 atom stereocenters. The van der Waals surface area contributed by atoms with Gasteiger partial charge >= 0.3 is 12.1 Å². The normalized spacial score (nSPS) is 12.3. The van der Waals surface area contributed by atoms with Crippen LogP contribution in [-0.2, 0) is 14.3 Å². The molecule has 0 radical (unpaired) electrons. The SMILES string of the molecule is CCCCC(=O)NCCCC[C@H](NC(=O)OC(C)(C)C)C(=O)O. The van der Waals surface area contributed by atoms with Gasteiger partial charge in [-0.05, 0) is 46.5 Å². The highest BCUT2D eigenvalue weighted by atomic mass is 16.6. The molecule has 0 saturated carbocycles. The van der Waals surface area contributed by atoms with Crippen LogP contribution in [0, 0.1) is 0 Å². The van der Waals surface area contributed by atoms with Crippen molar-refractivity contribution in [2.45, 2.75) is 77.9 Å². The molecular weight excluding hydrogens is 300 g/mol. The predicted molar refractivity (Wildman–Crippen MR) is 87.2 cm³/mol. The van der Waals surface area contributed by atoms with Gasteiger partial charge in [-0.1, -0.05) is 13.3 Å². The first-order valence-electron chi connectivity index (χ1n) is 8.14. The molecule has 0 saturated heterocycles. The van der Waals surface area contributed by atoms with Crippen molar-refractivity contribution >= 4 is 18.0 Å². The molecule has 0 rings (SSSR count). The second kappa shape index (κ2) is 10.9. The lowest BCUT2D eigenvalue weighted by atomic mass is 10.1. The van der Waals surface area contributed by atoms with Crippen LogP contribution >= 0.6 is 0 Å². The summed E-state index contributed by atoms with van der Waals surface area (Å²) < 4.78 is 5.04. The summed E-state index contributed by atoms with van der Waals surface area (Å²) in [5.74, 6) is -1.07. The topological polar surface area (TPSA) is 105 Å². The average molecular weight is 330 g/mol. The fourth-order valence-electron chi connectivity index (χ4n) is 1.83. The lowest BCUT2D eigenvalue weighted by Crippen LogP contribution is -2.43. The van der Waals surface area contributed by atoms with Gasteiger partial charge in [0, 0.05) is 13.0 Å². The van der Waals surface area contributed by atoms with Crippen LogP contribution in [0.3, 0.4) is 0 Å². The Kier molecular flexibility index (Phi) is 10.0. The number of hydrogen-bond acceptors (Lipinski definition) is 4. The molecular formula is C16H30N2O5. The molecule has 0 unspecified atom stereocenters. The summed E-state index contributed by atoms with van der Waals surface area (Å²) in [5, 5.41) is 14.3. The number of carboxylic acids is 1. The van der Waals surface area contributed by atoms with Crippen molar-refractivity contribution in [3.05, 3.63) is 0 Å². The molecule has 0 aromatic heterocycles. The van der Waals surface area contributed by atoms with Crippen molar-refractivity contribution in [3.8, 4) is 0 Å². The summed E-state index contributed by atoms with van der Waals surface area (Å²) in [6.07, 6.45) is 3.17. The molecule has 2 amide bonds. The maximum absolute atomic E-state index is 11.6. The lowest BCUT2D eigenvalue weighted by molar-refractivity contribution is -0.139. The summed E-state index contributed by atoms with van der Waals surface area (Å²) >= 11 is 0. The van der Waals surface area contributed by atoms with Crippen molar-refractivity contribution in [1.29, 1.82) is 0 Å². The van der Waals surface area contributed by atoms with Crippen LogP contribution < -0.4 is 10.6 Å². The third kappa shape index (κ3) is 12.4. The van der Waals surface area contributed by atoms with Crippen LogP contribution in [-0.4, -0.2) is 41.3 Å². The lowest BCUT2D eigenvalue weighted by Gasteiger charge is -2.22. The van der Waals surface area contributed by atoms with Crippen LogP contribution in [0.1, 0.15) is 66.2 Å². The van der Waals surface area contributed by atoms with E-state index in [0.717, 1.165) is 12.8 Å². The highest BCUT2D eigenvalue weighted by molar-refractivity contribution is 5.80. The van der Waals surface area contributed by atoms with Gasteiger partial charge in [-0.25, -0.2) is 9.59 Å². The smallest absolute Gasteiger partial charge is 0.408 e. The number of unbranched alkanes of at least 4 members (excludes halogenated alkanes) is 2. The van der Waals surface area contributed by atoms with Gasteiger partial charge < -0.3 is 20.5 Å². The average Bonchev–Trinajstić information content (AvgIpc) is 2.41. The number of ether oxygens (including phenoxy) is 1. The van der Waals surface area contributed by atoms with Gasteiger partial charge in [-0.3, -0.25) is 4.79 Å². The molecule has 0 heterocycles. The minimum absolute atomic E-state index is 0.0218. The zero-order chi connectivity index (χ0) is 17.9. The molecule has 0 aromatic rings. The minimum atomic E-state index is -1.09. The summed E-state index contributed by atoms with van der Waals surface area (Å²) in [5.41, 5.74) is -0.671. The highest BCUT2D eigenvalue weighted by Gasteiger charge is 2.23. The van der Waals surface area contributed by atoms with Crippen LogP contribution in [0.2, 0.25) is 0 Å². The third-order valence-corrected chi connectivity index (χ3v) is 2.99. The number of carboxylic acid groups (broad SMARTS) is 1. The van der Waals surface area contributed by atoms with Gasteiger partial charge in [0.25, 0.3) is 0 Å². The van der Waals surface area contributed by atoms with E-state index in [1.807, 2.05) is 6.92 Å². The van der Waals surface area contributed by atoms with E-state index in [-0.39, 0.29) is 5.91 Å². The molecule has 0 bridgehead atoms. The fourth-order valence-corrected chi connectivity index (χ4v) is 1.83. The Hall–Kier alpha value is -1.79. The molecule has 7 heteroatoms. The van der Waals surface area contributed by atoms with Crippen molar-refractivity contribution < 1.29 is 24.2 Å². The molecule has 0 aromatic carbocycles. The third-order valence-electron chi connectivity index (χ3n) is 2.99. The molecule has 23 heavy (non-hydrogen) atoms. The van der Waals surface area contributed by atoms with Gasteiger partial charge in [-0.2, -0.15) is 0 Å². The number of aliphatic carboxylic acids is 1. The highest BCUT2D eigenvalue weighted by Crippen LogP contribution is 2.08. The first kappa shape index (κ1) is 21.2.